The fourth-order valence-electron chi connectivity index (χ4n) is 3.10. The van der Waals surface area contributed by atoms with Crippen LogP contribution < -0.4 is 4.74 Å². The molecular formula is C23H24O4S. The number of allylic oxidation sites excluding steroid dienone is 1. The summed E-state index contributed by atoms with van der Waals surface area (Å²) in [6.07, 6.45) is 7.75. The molecule has 1 heterocycles. The van der Waals surface area contributed by atoms with Crippen molar-refractivity contribution in [3.63, 3.8) is 0 Å². The summed E-state index contributed by atoms with van der Waals surface area (Å²) in [6, 6.07) is 13.3. The van der Waals surface area contributed by atoms with Gasteiger partial charge in [-0.2, -0.15) is 0 Å². The first-order valence-corrected chi connectivity index (χ1v) is 10.4. The van der Waals surface area contributed by atoms with E-state index in [2.05, 4.69) is 19.1 Å². The van der Waals surface area contributed by atoms with Crippen LogP contribution in [0.1, 0.15) is 54.1 Å². The summed E-state index contributed by atoms with van der Waals surface area (Å²) in [4.78, 5) is 25.1. The van der Waals surface area contributed by atoms with E-state index in [4.69, 9.17) is 9.84 Å². The molecule has 0 radical (unpaired) electrons. The Bertz CT molecular complexity index is 884. The highest BCUT2D eigenvalue weighted by Gasteiger charge is 2.26. The lowest BCUT2D eigenvalue weighted by atomic mass is 10.0. The number of hydrogen-bond acceptors (Lipinski definition) is 4. The molecule has 0 spiro atoms. The van der Waals surface area contributed by atoms with E-state index in [1.807, 2.05) is 24.3 Å². The summed E-state index contributed by atoms with van der Waals surface area (Å²) in [5.74, 6) is -0.450. The smallest absolute Gasteiger partial charge is 0.341 e. The van der Waals surface area contributed by atoms with Crippen LogP contribution in [0.5, 0.6) is 5.75 Å². The zero-order chi connectivity index (χ0) is 19.9. The van der Waals surface area contributed by atoms with Crippen molar-refractivity contribution in [3.8, 4) is 5.75 Å². The minimum atomic E-state index is -1.01. The van der Waals surface area contributed by atoms with Gasteiger partial charge < -0.3 is 9.84 Å². The number of hydrogen-bond donors (Lipinski definition) is 1. The Morgan fingerprint density at radius 2 is 1.89 bits per heavy atom. The highest BCUT2D eigenvalue weighted by atomic mass is 32.2. The molecule has 3 rings (SSSR count). The van der Waals surface area contributed by atoms with Gasteiger partial charge in [-0.3, -0.25) is 4.79 Å². The van der Waals surface area contributed by atoms with Gasteiger partial charge in [0.1, 0.15) is 5.75 Å². The molecule has 0 fully saturated rings. The minimum Gasteiger partial charge on any atom is -0.482 e. The molecule has 1 N–H and O–H groups in total. The number of carboxylic acids is 1. The van der Waals surface area contributed by atoms with Crippen molar-refractivity contribution >= 4 is 29.6 Å². The Labute approximate surface area is 169 Å². The minimum absolute atomic E-state index is 0.0709. The SMILES string of the molecule is CCCCCCc1ccc2c(c1)C(=O)/C(=C\c1ccc(OCC(=O)O)cc1)S2. The van der Waals surface area contributed by atoms with Crippen LogP contribution in [0.25, 0.3) is 6.08 Å². The summed E-state index contributed by atoms with van der Waals surface area (Å²) in [5.41, 5.74) is 2.90. The number of unbranched alkanes of at least 4 members (excludes halogenated alkanes) is 3. The number of fused-ring (bicyclic) bond motifs is 1. The second-order valence-corrected chi connectivity index (χ2v) is 7.92. The molecular weight excluding hydrogens is 372 g/mol. The van der Waals surface area contributed by atoms with Gasteiger partial charge in [-0.05, 0) is 54.3 Å². The van der Waals surface area contributed by atoms with Crippen molar-refractivity contribution in [1.29, 1.82) is 0 Å². The van der Waals surface area contributed by atoms with Crippen LogP contribution in [0.4, 0.5) is 0 Å². The summed E-state index contributed by atoms with van der Waals surface area (Å²) in [5, 5.41) is 8.65. The van der Waals surface area contributed by atoms with Crippen molar-refractivity contribution < 1.29 is 19.4 Å². The van der Waals surface area contributed by atoms with Gasteiger partial charge in [0, 0.05) is 10.5 Å². The number of rotatable bonds is 9. The molecule has 0 atom stereocenters. The Morgan fingerprint density at radius 1 is 1.11 bits per heavy atom. The number of carbonyl (C=O) groups is 2. The predicted molar refractivity (Wildman–Crippen MR) is 112 cm³/mol. The number of ether oxygens (including phenoxy) is 1. The van der Waals surface area contributed by atoms with E-state index in [1.54, 1.807) is 12.1 Å². The number of Topliss-reactive ketones (excluding diaryl/α,β-unsaturated/α-hetero) is 1. The first-order valence-electron chi connectivity index (χ1n) is 9.58. The maximum atomic E-state index is 12.8. The monoisotopic (exact) mass is 396 g/mol. The van der Waals surface area contributed by atoms with Crippen molar-refractivity contribution in [2.24, 2.45) is 0 Å². The van der Waals surface area contributed by atoms with Gasteiger partial charge in [-0.25, -0.2) is 4.79 Å². The summed E-state index contributed by atoms with van der Waals surface area (Å²) < 4.78 is 5.13. The van der Waals surface area contributed by atoms with Crippen molar-refractivity contribution in [2.75, 3.05) is 6.61 Å². The van der Waals surface area contributed by atoms with Crippen LogP contribution >= 0.6 is 11.8 Å². The number of aryl methyl sites for hydroxylation is 1. The number of ketones is 1. The van der Waals surface area contributed by atoms with Crippen LogP contribution in [-0.4, -0.2) is 23.5 Å². The number of thioether (sulfide) groups is 1. The Morgan fingerprint density at radius 3 is 2.61 bits per heavy atom. The van der Waals surface area contributed by atoms with Gasteiger partial charge in [0.15, 0.2) is 6.61 Å². The number of carbonyl (C=O) groups excluding carboxylic acids is 1. The second-order valence-electron chi connectivity index (χ2n) is 6.83. The molecule has 0 aromatic heterocycles. The van der Waals surface area contributed by atoms with Crippen LogP contribution in [0.3, 0.4) is 0 Å². The Kier molecular flexibility index (Phi) is 6.93. The van der Waals surface area contributed by atoms with Gasteiger partial charge in [0.05, 0.1) is 4.91 Å². The van der Waals surface area contributed by atoms with Gasteiger partial charge in [-0.1, -0.05) is 56.1 Å². The van der Waals surface area contributed by atoms with Crippen LogP contribution in [-0.2, 0) is 11.2 Å². The van der Waals surface area contributed by atoms with E-state index < -0.39 is 5.97 Å². The maximum Gasteiger partial charge on any atom is 0.341 e. The summed E-state index contributed by atoms with van der Waals surface area (Å²) >= 11 is 1.50. The Hall–Kier alpha value is -2.53. The molecule has 5 heteroatoms. The summed E-state index contributed by atoms with van der Waals surface area (Å²) in [6.45, 7) is 1.83. The molecule has 0 amide bonds. The predicted octanol–water partition coefficient (Wildman–Crippen LogP) is 5.60. The fourth-order valence-corrected chi connectivity index (χ4v) is 4.14. The van der Waals surface area contributed by atoms with Crippen LogP contribution in [0.15, 0.2) is 52.3 Å². The molecule has 0 bridgehead atoms. The fraction of sp³-hybridized carbons (Fsp3) is 0.304. The molecule has 0 unspecified atom stereocenters. The molecule has 146 valence electrons. The first kappa shape index (κ1) is 20.2. The van der Waals surface area contributed by atoms with E-state index in [0.29, 0.717) is 10.7 Å². The lowest BCUT2D eigenvalue weighted by Crippen LogP contribution is -2.09. The van der Waals surface area contributed by atoms with E-state index in [9.17, 15) is 9.59 Å². The largest absolute Gasteiger partial charge is 0.482 e. The average Bonchev–Trinajstić information content (AvgIpc) is 3.00. The van der Waals surface area contributed by atoms with Crippen molar-refractivity contribution in [3.05, 3.63) is 64.1 Å². The van der Waals surface area contributed by atoms with Crippen molar-refractivity contribution in [1.82, 2.24) is 0 Å². The molecule has 1 aliphatic heterocycles. The van der Waals surface area contributed by atoms with E-state index in [1.165, 1.54) is 36.6 Å². The third-order valence-corrected chi connectivity index (χ3v) is 5.69. The first-order chi connectivity index (χ1) is 13.6. The molecule has 28 heavy (non-hydrogen) atoms. The van der Waals surface area contributed by atoms with Crippen LogP contribution in [0.2, 0.25) is 0 Å². The lowest BCUT2D eigenvalue weighted by Gasteiger charge is -2.03. The van der Waals surface area contributed by atoms with Crippen molar-refractivity contribution in [2.45, 2.75) is 43.9 Å². The molecule has 0 saturated carbocycles. The zero-order valence-corrected chi connectivity index (χ0v) is 16.8. The molecule has 0 aliphatic carbocycles. The van der Waals surface area contributed by atoms with Crippen LogP contribution in [0, 0.1) is 0 Å². The topological polar surface area (TPSA) is 63.6 Å². The molecule has 4 nitrogen and oxygen atoms in total. The Balaban J connectivity index is 1.67. The normalized spacial score (nSPS) is 14.3. The number of aliphatic carboxylic acids is 1. The maximum absolute atomic E-state index is 12.8. The third-order valence-electron chi connectivity index (χ3n) is 4.59. The zero-order valence-electron chi connectivity index (χ0n) is 15.9. The van der Waals surface area contributed by atoms with Gasteiger partial charge in [0.25, 0.3) is 0 Å². The van der Waals surface area contributed by atoms with E-state index >= 15 is 0 Å². The molecule has 1 aliphatic rings. The number of benzene rings is 2. The molecule has 2 aromatic rings. The number of carboxylic acid groups (broad SMARTS) is 1. The highest BCUT2D eigenvalue weighted by molar-refractivity contribution is 8.04. The third kappa shape index (κ3) is 5.26. The highest BCUT2D eigenvalue weighted by Crippen LogP contribution is 2.41. The van der Waals surface area contributed by atoms with Gasteiger partial charge in [0.2, 0.25) is 5.78 Å². The quantitative estimate of drug-likeness (QED) is 0.441. The summed E-state index contributed by atoms with van der Waals surface area (Å²) in [7, 11) is 0. The van der Waals surface area contributed by atoms with Gasteiger partial charge in [-0.15, -0.1) is 0 Å². The standard InChI is InChI=1S/C23H24O4S/c1-2-3-4-5-6-16-9-12-20-19(13-16)23(26)21(28-20)14-17-7-10-18(11-8-17)27-15-22(24)25/h7-14H,2-6,15H2,1H3,(H,24,25)/b21-14+. The van der Waals surface area contributed by atoms with E-state index in [0.717, 1.165) is 28.9 Å². The lowest BCUT2D eigenvalue weighted by molar-refractivity contribution is -0.139. The second kappa shape index (κ2) is 9.60. The molecule has 2 aromatic carbocycles. The molecule has 0 saturated heterocycles. The average molecular weight is 397 g/mol. The van der Waals surface area contributed by atoms with E-state index in [-0.39, 0.29) is 12.4 Å². The van der Waals surface area contributed by atoms with Gasteiger partial charge >= 0.3 is 5.97 Å².